The molecule has 0 radical (unpaired) electrons. The van der Waals surface area contributed by atoms with Crippen molar-refractivity contribution >= 4 is 34.7 Å². The van der Waals surface area contributed by atoms with Crippen molar-refractivity contribution in [2.24, 2.45) is 5.73 Å². The van der Waals surface area contributed by atoms with Crippen molar-refractivity contribution < 1.29 is 4.79 Å². The Morgan fingerprint density at radius 1 is 1.42 bits per heavy atom. The molecular formula is C14H17ClN2OS. The summed E-state index contributed by atoms with van der Waals surface area (Å²) >= 11 is 11.2. The Hall–Kier alpha value is -1.13. The van der Waals surface area contributed by atoms with Crippen LogP contribution in [0.3, 0.4) is 0 Å². The molecule has 1 aliphatic rings. The molecule has 0 heterocycles. The molecule has 2 rings (SSSR count). The number of rotatable bonds is 3. The van der Waals surface area contributed by atoms with Crippen LogP contribution in [0.1, 0.15) is 41.6 Å². The first kappa shape index (κ1) is 14.3. The average molecular weight is 297 g/mol. The van der Waals surface area contributed by atoms with Crippen LogP contribution in [0.2, 0.25) is 5.02 Å². The lowest BCUT2D eigenvalue weighted by Crippen LogP contribution is -2.54. The van der Waals surface area contributed by atoms with Gasteiger partial charge in [0.05, 0.1) is 10.5 Å². The summed E-state index contributed by atoms with van der Waals surface area (Å²) in [5, 5.41) is 3.60. The fourth-order valence-electron chi connectivity index (χ4n) is 2.55. The Morgan fingerprint density at radius 3 is 2.63 bits per heavy atom. The van der Waals surface area contributed by atoms with E-state index in [0.29, 0.717) is 15.6 Å². The van der Waals surface area contributed by atoms with Crippen LogP contribution >= 0.6 is 23.8 Å². The lowest BCUT2D eigenvalue weighted by Gasteiger charge is -2.29. The van der Waals surface area contributed by atoms with Gasteiger partial charge >= 0.3 is 0 Å². The van der Waals surface area contributed by atoms with Crippen molar-refractivity contribution in [3.05, 3.63) is 34.3 Å². The number of nitrogens with one attached hydrogen (secondary N) is 1. The third kappa shape index (κ3) is 2.74. The second kappa shape index (κ2) is 5.47. The topological polar surface area (TPSA) is 55.1 Å². The van der Waals surface area contributed by atoms with Crippen molar-refractivity contribution in [1.82, 2.24) is 5.32 Å². The van der Waals surface area contributed by atoms with E-state index in [1.165, 1.54) is 0 Å². The quantitative estimate of drug-likeness (QED) is 0.843. The molecule has 1 amide bonds. The van der Waals surface area contributed by atoms with Gasteiger partial charge in [-0.1, -0.05) is 42.7 Å². The standard InChI is InChI=1S/C14H17ClN2OS/c1-9-10(5-4-6-11(9)15)12(18)17-14(13(16)19)7-2-3-8-14/h4-6H,2-3,7-8H2,1H3,(H2,16,19)(H,17,18). The summed E-state index contributed by atoms with van der Waals surface area (Å²) in [6.45, 7) is 1.83. The van der Waals surface area contributed by atoms with E-state index >= 15 is 0 Å². The van der Waals surface area contributed by atoms with Gasteiger partial charge in [-0.05, 0) is 37.5 Å². The lowest BCUT2D eigenvalue weighted by atomic mass is 9.96. The zero-order valence-corrected chi connectivity index (χ0v) is 12.4. The molecule has 1 saturated carbocycles. The third-order valence-electron chi connectivity index (χ3n) is 3.79. The zero-order chi connectivity index (χ0) is 14.0. The molecule has 3 nitrogen and oxygen atoms in total. The highest BCUT2D eigenvalue weighted by Gasteiger charge is 2.38. The van der Waals surface area contributed by atoms with Crippen LogP contribution in [0.15, 0.2) is 18.2 Å². The number of thiocarbonyl (C=S) groups is 1. The first-order valence-corrected chi connectivity index (χ1v) is 7.12. The highest BCUT2D eigenvalue weighted by atomic mass is 35.5. The van der Waals surface area contributed by atoms with E-state index < -0.39 is 5.54 Å². The smallest absolute Gasteiger partial charge is 0.252 e. The van der Waals surface area contributed by atoms with Gasteiger partial charge in [-0.15, -0.1) is 0 Å². The summed E-state index contributed by atoms with van der Waals surface area (Å²) in [4.78, 5) is 12.8. The Labute approximate surface area is 123 Å². The van der Waals surface area contributed by atoms with Crippen molar-refractivity contribution in [3.63, 3.8) is 0 Å². The monoisotopic (exact) mass is 296 g/mol. The minimum Gasteiger partial charge on any atom is -0.391 e. The van der Waals surface area contributed by atoms with Crippen LogP contribution < -0.4 is 11.1 Å². The molecule has 0 unspecified atom stereocenters. The van der Waals surface area contributed by atoms with E-state index in [1.807, 2.05) is 6.92 Å². The number of hydrogen-bond acceptors (Lipinski definition) is 2. The van der Waals surface area contributed by atoms with Crippen LogP contribution in [0.5, 0.6) is 0 Å². The normalized spacial score (nSPS) is 17.2. The Balaban J connectivity index is 2.25. The molecule has 0 saturated heterocycles. The van der Waals surface area contributed by atoms with Crippen LogP contribution in [0.25, 0.3) is 0 Å². The number of hydrogen-bond donors (Lipinski definition) is 2. The fourth-order valence-corrected chi connectivity index (χ4v) is 2.98. The van der Waals surface area contributed by atoms with Gasteiger partial charge in [0.25, 0.3) is 5.91 Å². The number of halogens is 1. The van der Waals surface area contributed by atoms with Crippen LogP contribution in [0, 0.1) is 6.92 Å². The van der Waals surface area contributed by atoms with Gasteiger partial charge < -0.3 is 11.1 Å². The summed E-state index contributed by atoms with van der Waals surface area (Å²) in [7, 11) is 0. The molecule has 1 fully saturated rings. The maximum absolute atomic E-state index is 12.4. The van der Waals surface area contributed by atoms with Gasteiger partial charge in [-0.25, -0.2) is 0 Å². The van der Waals surface area contributed by atoms with E-state index in [2.05, 4.69) is 5.32 Å². The predicted octanol–water partition coefficient (Wildman–Crippen LogP) is 2.98. The third-order valence-corrected chi connectivity index (χ3v) is 4.59. The van der Waals surface area contributed by atoms with Crippen molar-refractivity contribution in [2.75, 3.05) is 0 Å². The first-order valence-electron chi connectivity index (χ1n) is 6.34. The van der Waals surface area contributed by atoms with Crippen molar-refractivity contribution in [3.8, 4) is 0 Å². The number of nitrogens with two attached hydrogens (primary N) is 1. The number of carbonyl (C=O) groups is 1. The van der Waals surface area contributed by atoms with Gasteiger partial charge in [-0.3, -0.25) is 4.79 Å². The molecule has 102 valence electrons. The second-order valence-electron chi connectivity index (χ2n) is 5.02. The highest BCUT2D eigenvalue weighted by molar-refractivity contribution is 7.80. The maximum atomic E-state index is 12.4. The molecule has 1 aromatic carbocycles. The number of carbonyl (C=O) groups excluding carboxylic acids is 1. The van der Waals surface area contributed by atoms with Crippen molar-refractivity contribution in [2.45, 2.75) is 38.1 Å². The minimum absolute atomic E-state index is 0.158. The average Bonchev–Trinajstić information content (AvgIpc) is 2.82. The summed E-state index contributed by atoms with van der Waals surface area (Å²) in [6, 6.07) is 5.30. The van der Waals surface area contributed by atoms with Gasteiger partial charge in [0.2, 0.25) is 0 Å². The molecule has 19 heavy (non-hydrogen) atoms. The Morgan fingerprint density at radius 2 is 2.05 bits per heavy atom. The molecule has 0 bridgehead atoms. The van der Waals surface area contributed by atoms with E-state index in [9.17, 15) is 4.79 Å². The van der Waals surface area contributed by atoms with E-state index in [1.54, 1.807) is 18.2 Å². The van der Waals surface area contributed by atoms with Crippen LogP contribution in [-0.2, 0) is 0 Å². The van der Waals surface area contributed by atoms with E-state index in [0.717, 1.165) is 31.2 Å². The SMILES string of the molecule is Cc1c(Cl)cccc1C(=O)NC1(C(N)=S)CCCC1. The molecule has 5 heteroatoms. The Bertz CT molecular complexity index is 524. The lowest BCUT2D eigenvalue weighted by molar-refractivity contribution is 0.0924. The van der Waals surface area contributed by atoms with Crippen molar-refractivity contribution in [1.29, 1.82) is 0 Å². The summed E-state index contributed by atoms with van der Waals surface area (Å²) in [5.41, 5.74) is 6.65. The van der Waals surface area contributed by atoms with Crippen LogP contribution in [0.4, 0.5) is 0 Å². The summed E-state index contributed by atoms with van der Waals surface area (Å²) in [6.07, 6.45) is 3.69. The molecule has 0 spiro atoms. The number of amides is 1. The molecule has 1 aliphatic carbocycles. The number of benzene rings is 1. The molecule has 0 aliphatic heterocycles. The highest BCUT2D eigenvalue weighted by Crippen LogP contribution is 2.30. The molecule has 3 N–H and O–H groups in total. The van der Waals surface area contributed by atoms with Gasteiger partial charge in [-0.2, -0.15) is 0 Å². The van der Waals surface area contributed by atoms with Gasteiger partial charge in [0.15, 0.2) is 0 Å². The summed E-state index contributed by atoms with van der Waals surface area (Å²) in [5.74, 6) is -0.158. The Kier molecular flexibility index (Phi) is 4.11. The summed E-state index contributed by atoms with van der Waals surface area (Å²) < 4.78 is 0. The molecular weight excluding hydrogens is 280 g/mol. The molecule has 0 atom stereocenters. The minimum atomic E-state index is -0.527. The largest absolute Gasteiger partial charge is 0.391 e. The predicted molar refractivity (Wildman–Crippen MR) is 81.6 cm³/mol. The maximum Gasteiger partial charge on any atom is 0.252 e. The second-order valence-corrected chi connectivity index (χ2v) is 5.87. The van der Waals surface area contributed by atoms with E-state index in [4.69, 9.17) is 29.6 Å². The zero-order valence-electron chi connectivity index (χ0n) is 10.8. The fraction of sp³-hybridized carbons (Fsp3) is 0.429. The first-order chi connectivity index (χ1) is 8.96. The van der Waals surface area contributed by atoms with Gasteiger partial charge in [0, 0.05) is 10.6 Å². The van der Waals surface area contributed by atoms with E-state index in [-0.39, 0.29) is 5.91 Å². The van der Waals surface area contributed by atoms with Crippen LogP contribution in [-0.4, -0.2) is 16.4 Å². The molecule has 0 aromatic heterocycles. The molecule has 1 aromatic rings. The van der Waals surface area contributed by atoms with Gasteiger partial charge in [0.1, 0.15) is 0 Å².